The zero-order chi connectivity index (χ0) is 57.9. The number of carbonyl (C=O) groups is 2. The highest BCUT2D eigenvalue weighted by molar-refractivity contribution is 7.47. The summed E-state index contributed by atoms with van der Waals surface area (Å²) in [4.78, 5) is 37.8. The molecule has 0 aromatic carbocycles. The van der Waals surface area contributed by atoms with Crippen LogP contribution in [0.25, 0.3) is 0 Å². The van der Waals surface area contributed by atoms with Crippen LogP contribution in [0.2, 0.25) is 0 Å². The number of esters is 1. The molecule has 0 rings (SSSR count). The molecule has 2 N–H and O–H groups in total. The van der Waals surface area contributed by atoms with Crippen molar-refractivity contribution in [3.8, 4) is 0 Å². The first-order chi connectivity index (χ1) is 38.4. The molecule has 9 nitrogen and oxygen atoms in total. The highest BCUT2D eigenvalue weighted by Crippen LogP contribution is 2.43. The molecule has 1 amide bonds. The van der Waals surface area contributed by atoms with Crippen molar-refractivity contribution in [3.05, 3.63) is 48.6 Å². The Morgan fingerprint density at radius 2 is 0.772 bits per heavy atom. The quantitative estimate of drug-likeness (QED) is 0.0205. The predicted molar refractivity (Wildman–Crippen MR) is 342 cm³/mol. The molecule has 0 heterocycles. The SMILES string of the molecule is CCCCC/C=C\C/C=C\CCCCCCCCCCCCCCCCCCCC(=O)OC(/C=C\CCCCCCCCCCCC)C(COP(=O)(O)OCC[N+](C)(C)C)NC(=O)CCCCC/C=C\CCCCCCCCC. The molecule has 0 aliphatic rings. The number of likely N-dealkylation sites (N-methyl/N-ethyl adjacent to an activating group) is 1. The van der Waals surface area contributed by atoms with Gasteiger partial charge < -0.3 is 19.4 Å². The Hall–Kier alpha value is -2.03. The summed E-state index contributed by atoms with van der Waals surface area (Å²) in [7, 11) is 1.50. The molecule has 3 atom stereocenters. The Bertz CT molecular complexity index is 1490. The summed E-state index contributed by atoms with van der Waals surface area (Å²) in [5.41, 5.74) is 0. The molecule has 0 fully saturated rings. The van der Waals surface area contributed by atoms with E-state index < -0.39 is 20.0 Å². The third-order valence-electron chi connectivity index (χ3n) is 15.2. The van der Waals surface area contributed by atoms with E-state index in [9.17, 15) is 19.0 Å². The number of unbranched alkanes of at least 4 members (excludes halogenated alkanes) is 40. The average molecular weight is 1130 g/mol. The van der Waals surface area contributed by atoms with Gasteiger partial charge in [-0.25, -0.2) is 4.57 Å². The number of ether oxygens (including phenoxy) is 1. The maximum atomic E-state index is 13.5. The second-order valence-electron chi connectivity index (χ2n) is 24.3. The number of quaternary nitrogens is 1. The van der Waals surface area contributed by atoms with Crippen LogP contribution >= 0.6 is 7.82 Å². The second-order valence-corrected chi connectivity index (χ2v) is 25.8. The summed E-state index contributed by atoms with van der Waals surface area (Å²) in [5, 5.41) is 3.05. The average Bonchev–Trinajstić information content (AvgIpc) is 3.41. The van der Waals surface area contributed by atoms with Crippen LogP contribution in [0.3, 0.4) is 0 Å². The summed E-state index contributed by atoms with van der Waals surface area (Å²) in [6, 6.07) is -0.854. The smallest absolute Gasteiger partial charge is 0.456 e. The van der Waals surface area contributed by atoms with Crippen LogP contribution in [0.4, 0.5) is 0 Å². The van der Waals surface area contributed by atoms with E-state index in [0.717, 1.165) is 77.0 Å². The zero-order valence-electron chi connectivity index (χ0n) is 53.1. The van der Waals surface area contributed by atoms with Gasteiger partial charge in [-0.1, -0.05) is 275 Å². The van der Waals surface area contributed by atoms with E-state index in [1.807, 2.05) is 33.3 Å². The summed E-state index contributed by atoms with van der Waals surface area (Å²) in [6.45, 7) is 7.01. The minimum atomic E-state index is -4.45. The Morgan fingerprint density at radius 1 is 0.443 bits per heavy atom. The van der Waals surface area contributed by atoms with Gasteiger partial charge in [0.1, 0.15) is 19.3 Å². The fraction of sp³-hybridized carbons (Fsp3) is 0.855. The van der Waals surface area contributed by atoms with Crippen LogP contribution in [0, 0.1) is 0 Å². The molecular formula is C69H132N2O7P+. The van der Waals surface area contributed by atoms with E-state index in [2.05, 4.69) is 62.5 Å². The van der Waals surface area contributed by atoms with E-state index in [4.69, 9.17) is 13.8 Å². The molecule has 3 unspecified atom stereocenters. The van der Waals surface area contributed by atoms with Gasteiger partial charge in [0.25, 0.3) is 0 Å². The number of allylic oxidation sites excluding steroid dienone is 7. The van der Waals surface area contributed by atoms with Crippen LogP contribution in [-0.2, 0) is 27.9 Å². The molecule has 0 saturated heterocycles. The summed E-state index contributed by atoms with van der Waals surface area (Å²) < 4.78 is 30.7. The molecule has 10 heteroatoms. The van der Waals surface area contributed by atoms with Crippen molar-refractivity contribution in [2.24, 2.45) is 0 Å². The molecule has 0 bridgehead atoms. The Labute approximate surface area is 490 Å². The van der Waals surface area contributed by atoms with Crippen molar-refractivity contribution >= 4 is 19.7 Å². The van der Waals surface area contributed by atoms with Crippen molar-refractivity contribution < 1.29 is 37.3 Å². The fourth-order valence-electron chi connectivity index (χ4n) is 9.97. The highest BCUT2D eigenvalue weighted by Gasteiger charge is 2.30. The molecule has 79 heavy (non-hydrogen) atoms. The lowest BCUT2D eigenvalue weighted by Crippen LogP contribution is -2.47. The molecule has 0 aliphatic carbocycles. The molecule has 0 saturated carbocycles. The van der Waals surface area contributed by atoms with E-state index in [0.29, 0.717) is 23.9 Å². The molecule has 0 aromatic heterocycles. The summed E-state index contributed by atoms with van der Waals surface area (Å²) in [5.74, 6) is -0.511. The van der Waals surface area contributed by atoms with Gasteiger partial charge in [0.2, 0.25) is 5.91 Å². The normalized spacial score (nSPS) is 13.9. The lowest BCUT2D eigenvalue weighted by molar-refractivity contribution is -0.870. The molecular weight excluding hydrogens is 1000 g/mol. The molecule has 0 spiro atoms. The fourth-order valence-corrected chi connectivity index (χ4v) is 10.7. The van der Waals surface area contributed by atoms with Gasteiger partial charge in [-0.3, -0.25) is 18.6 Å². The Kier molecular flexibility index (Phi) is 57.6. The number of phosphoric ester groups is 1. The van der Waals surface area contributed by atoms with Crippen molar-refractivity contribution in [3.63, 3.8) is 0 Å². The lowest BCUT2D eigenvalue weighted by Gasteiger charge is -2.27. The van der Waals surface area contributed by atoms with Gasteiger partial charge in [0, 0.05) is 12.8 Å². The van der Waals surface area contributed by atoms with Crippen LogP contribution in [0.5, 0.6) is 0 Å². The number of amides is 1. The summed E-state index contributed by atoms with van der Waals surface area (Å²) >= 11 is 0. The first-order valence-corrected chi connectivity index (χ1v) is 35.5. The zero-order valence-corrected chi connectivity index (χ0v) is 54.0. The van der Waals surface area contributed by atoms with Crippen molar-refractivity contribution in [1.82, 2.24) is 5.32 Å². The maximum Gasteiger partial charge on any atom is 0.472 e. The molecule has 0 radical (unpaired) electrons. The van der Waals surface area contributed by atoms with Crippen molar-refractivity contribution in [1.29, 1.82) is 0 Å². The standard InChI is InChI=1S/C69H131N2O7P/c1-7-10-13-16-19-22-25-28-30-31-32-33-34-35-36-37-38-39-40-41-42-44-47-50-53-56-59-62-69(73)78-67(60-57-54-51-48-45-27-24-21-18-15-12-9-3)66(65-77-79(74,75)76-64-63-71(4,5)6)70-68(72)61-58-55-52-49-46-43-29-26-23-20-17-14-11-8-2/h19,22,28,30,43,46,57,60,66-67H,7-18,20-21,23-27,29,31-42,44-45,47-56,58-59,61-65H2,1-6H3,(H-,70,72,74,75)/p+1/b22-19-,30-28-,46-43-,60-57-. The summed E-state index contributed by atoms with van der Waals surface area (Å²) in [6.07, 6.45) is 74.1. The number of carbonyl (C=O) groups excluding carboxylic acids is 2. The predicted octanol–water partition coefficient (Wildman–Crippen LogP) is 21.2. The highest BCUT2D eigenvalue weighted by atomic mass is 31.2. The van der Waals surface area contributed by atoms with Gasteiger partial charge in [-0.15, -0.1) is 0 Å². The van der Waals surface area contributed by atoms with Gasteiger partial charge in [-0.2, -0.15) is 0 Å². The maximum absolute atomic E-state index is 13.5. The van der Waals surface area contributed by atoms with Gasteiger partial charge in [0.05, 0.1) is 33.8 Å². The van der Waals surface area contributed by atoms with E-state index in [1.165, 1.54) is 218 Å². The third kappa shape index (κ3) is 60.4. The van der Waals surface area contributed by atoms with E-state index in [-0.39, 0.29) is 25.1 Å². The molecule has 0 aromatic rings. The monoisotopic (exact) mass is 1130 g/mol. The number of nitrogens with one attached hydrogen (secondary N) is 1. The number of rotatable bonds is 62. The van der Waals surface area contributed by atoms with Crippen LogP contribution < -0.4 is 5.32 Å². The van der Waals surface area contributed by atoms with Crippen LogP contribution in [0.15, 0.2) is 48.6 Å². The van der Waals surface area contributed by atoms with E-state index in [1.54, 1.807) is 0 Å². The first-order valence-electron chi connectivity index (χ1n) is 34.0. The van der Waals surface area contributed by atoms with Crippen LogP contribution in [-0.4, -0.2) is 74.3 Å². The number of hydrogen-bond acceptors (Lipinski definition) is 6. The number of nitrogens with zero attached hydrogens (tertiary/aromatic N) is 1. The van der Waals surface area contributed by atoms with Gasteiger partial charge in [0.15, 0.2) is 0 Å². The molecule has 0 aliphatic heterocycles. The number of hydrogen-bond donors (Lipinski definition) is 2. The van der Waals surface area contributed by atoms with E-state index >= 15 is 0 Å². The van der Waals surface area contributed by atoms with Gasteiger partial charge in [-0.05, 0) is 89.5 Å². The first kappa shape index (κ1) is 77.0. The van der Waals surface area contributed by atoms with Crippen LogP contribution in [0.1, 0.15) is 329 Å². The van der Waals surface area contributed by atoms with Crippen molar-refractivity contribution in [2.45, 2.75) is 341 Å². The van der Waals surface area contributed by atoms with Crippen molar-refractivity contribution in [2.75, 3.05) is 40.9 Å². The lowest BCUT2D eigenvalue weighted by atomic mass is 10.0. The second kappa shape index (κ2) is 59.1. The number of phosphoric acid groups is 1. The minimum absolute atomic E-state index is 0.0390. The Balaban J connectivity index is 5.00. The Morgan fingerprint density at radius 3 is 1.19 bits per heavy atom. The third-order valence-corrected chi connectivity index (χ3v) is 16.2. The van der Waals surface area contributed by atoms with Gasteiger partial charge >= 0.3 is 13.8 Å². The molecule has 464 valence electrons. The largest absolute Gasteiger partial charge is 0.472 e. The minimum Gasteiger partial charge on any atom is -0.456 e. The topological polar surface area (TPSA) is 111 Å².